The van der Waals surface area contributed by atoms with Gasteiger partial charge in [-0.3, -0.25) is 14.9 Å². The molecular weight excluding hydrogens is 260 g/mol. The topological polar surface area (TPSA) is 78.7 Å². The molecule has 1 aromatic carbocycles. The Hall–Kier alpha value is -2.15. The molecule has 0 aromatic heterocycles. The van der Waals surface area contributed by atoms with Gasteiger partial charge in [-0.2, -0.15) is 0 Å². The fourth-order valence-corrected chi connectivity index (χ4v) is 2.30. The first-order chi connectivity index (χ1) is 9.50. The number of piperazine rings is 1. The minimum atomic E-state index is -0.427. The number of nitro benzene ring substituents is 1. The van der Waals surface area contributed by atoms with Crippen molar-refractivity contribution in [3.63, 3.8) is 0 Å². The molecule has 0 bridgehead atoms. The van der Waals surface area contributed by atoms with E-state index in [4.69, 9.17) is 0 Å². The van der Waals surface area contributed by atoms with Crippen molar-refractivity contribution in [2.45, 2.75) is 6.04 Å². The van der Waals surface area contributed by atoms with Crippen molar-refractivity contribution < 1.29 is 9.72 Å². The molecule has 1 heterocycles. The van der Waals surface area contributed by atoms with E-state index in [1.165, 1.54) is 12.1 Å². The highest BCUT2D eigenvalue weighted by atomic mass is 16.6. The highest BCUT2D eigenvalue weighted by Crippen LogP contribution is 2.22. The fourth-order valence-electron chi connectivity index (χ4n) is 2.30. The summed E-state index contributed by atoms with van der Waals surface area (Å²) in [6.45, 7) is 2.06. The van der Waals surface area contributed by atoms with Crippen LogP contribution < -0.4 is 10.2 Å². The van der Waals surface area contributed by atoms with Crippen LogP contribution >= 0.6 is 0 Å². The molecule has 1 atom stereocenters. The van der Waals surface area contributed by atoms with Crippen LogP contribution in [0.5, 0.6) is 0 Å². The van der Waals surface area contributed by atoms with Crippen molar-refractivity contribution >= 4 is 17.3 Å². The first kappa shape index (κ1) is 14.3. The van der Waals surface area contributed by atoms with Gasteiger partial charge in [-0.25, -0.2) is 0 Å². The Balaban J connectivity index is 2.23. The van der Waals surface area contributed by atoms with Gasteiger partial charge in [0.2, 0.25) is 5.91 Å². The molecule has 1 N–H and O–H groups in total. The minimum absolute atomic E-state index is 0.0237. The zero-order chi connectivity index (χ0) is 14.7. The third-order valence-electron chi connectivity index (χ3n) is 3.36. The zero-order valence-electron chi connectivity index (χ0n) is 11.6. The van der Waals surface area contributed by atoms with Crippen LogP contribution in [0.2, 0.25) is 0 Å². The number of amides is 1. The number of rotatable bonds is 3. The molecule has 20 heavy (non-hydrogen) atoms. The molecule has 1 aromatic rings. The normalized spacial score (nSPS) is 18.7. The third kappa shape index (κ3) is 2.88. The Bertz CT molecular complexity index is 501. The summed E-state index contributed by atoms with van der Waals surface area (Å²) in [4.78, 5) is 26.0. The van der Waals surface area contributed by atoms with Crippen LogP contribution in [0, 0.1) is 10.1 Å². The molecule has 1 amide bonds. The number of likely N-dealkylation sites (N-methyl/N-ethyl adjacent to an activating group) is 1. The Morgan fingerprint density at radius 2 is 2.05 bits per heavy atom. The van der Waals surface area contributed by atoms with E-state index in [1.807, 2.05) is 4.90 Å². The number of hydrogen-bond donors (Lipinski definition) is 1. The summed E-state index contributed by atoms with van der Waals surface area (Å²) in [6, 6.07) is 6.04. The fraction of sp³-hybridized carbons (Fsp3) is 0.462. The van der Waals surface area contributed by atoms with Gasteiger partial charge in [-0.15, -0.1) is 0 Å². The van der Waals surface area contributed by atoms with Gasteiger partial charge in [0.1, 0.15) is 6.04 Å². The van der Waals surface area contributed by atoms with Crippen molar-refractivity contribution in [3.05, 3.63) is 34.4 Å². The quantitative estimate of drug-likeness (QED) is 0.642. The van der Waals surface area contributed by atoms with E-state index in [-0.39, 0.29) is 17.6 Å². The highest BCUT2D eigenvalue weighted by molar-refractivity contribution is 5.85. The van der Waals surface area contributed by atoms with Gasteiger partial charge in [-0.1, -0.05) is 0 Å². The maximum absolute atomic E-state index is 12.2. The van der Waals surface area contributed by atoms with Gasteiger partial charge >= 0.3 is 0 Å². The lowest BCUT2D eigenvalue weighted by atomic mass is 10.1. The van der Waals surface area contributed by atoms with E-state index < -0.39 is 4.92 Å². The SMILES string of the molecule is CN(C)C(=O)C1CNCCN1c1ccc([N+](=O)[O-])cc1. The third-order valence-corrected chi connectivity index (χ3v) is 3.36. The van der Waals surface area contributed by atoms with Crippen LogP contribution in [-0.2, 0) is 4.79 Å². The molecule has 7 heteroatoms. The van der Waals surface area contributed by atoms with Crippen LogP contribution in [0.3, 0.4) is 0 Å². The van der Waals surface area contributed by atoms with Crippen LogP contribution in [-0.4, -0.2) is 55.5 Å². The van der Waals surface area contributed by atoms with E-state index in [9.17, 15) is 14.9 Å². The standard InChI is InChI=1S/C13H18N4O3/c1-15(2)13(18)12-9-14-7-8-16(12)10-3-5-11(6-4-10)17(19)20/h3-6,12,14H,7-9H2,1-2H3. The zero-order valence-corrected chi connectivity index (χ0v) is 11.6. The predicted octanol–water partition coefficient (Wildman–Crippen LogP) is 0.461. The van der Waals surface area contributed by atoms with E-state index in [0.717, 1.165) is 12.2 Å². The number of anilines is 1. The predicted molar refractivity (Wildman–Crippen MR) is 75.8 cm³/mol. The van der Waals surface area contributed by atoms with E-state index in [2.05, 4.69) is 5.32 Å². The van der Waals surface area contributed by atoms with Crippen LogP contribution in [0.1, 0.15) is 0 Å². The molecule has 1 aliphatic rings. The smallest absolute Gasteiger partial charge is 0.269 e. The Kier molecular flexibility index (Phi) is 4.19. The number of benzene rings is 1. The van der Waals surface area contributed by atoms with Gasteiger partial charge in [0.15, 0.2) is 0 Å². The summed E-state index contributed by atoms with van der Waals surface area (Å²) in [5.74, 6) is 0.0237. The minimum Gasteiger partial charge on any atom is -0.357 e. The maximum atomic E-state index is 12.2. The summed E-state index contributed by atoms with van der Waals surface area (Å²) in [5, 5.41) is 13.9. The number of non-ortho nitro benzene ring substituents is 1. The lowest BCUT2D eigenvalue weighted by molar-refractivity contribution is -0.384. The first-order valence-corrected chi connectivity index (χ1v) is 6.43. The van der Waals surface area contributed by atoms with Crippen LogP contribution in [0.4, 0.5) is 11.4 Å². The molecule has 0 saturated carbocycles. The second-order valence-electron chi connectivity index (χ2n) is 4.92. The van der Waals surface area contributed by atoms with Crippen molar-refractivity contribution in [2.75, 3.05) is 38.6 Å². The van der Waals surface area contributed by atoms with E-state index >= 15 is 0 Å². The number of carbonyl (C=O) groups excluding carboxylic acids is 1. The Morgan fingerprint density at radius 3 is 2.60 bits per heavy atom. The molecule has 1 aliphatic heterocycles. The summed E-state index contributed by atoms with van der Waals surface area (Å²) in [5.41, 5.74) is 0.886. The second kappa shape index (κ2) is 5.87. The molecule has 0 aliphatic carbocycles. The number of hydrogen-bond acceptors (Lipinski definition) is 5. The van der Waals surface area contributed by atoms with Crippen molar-refractivity contribution in [3.8, 4) is 0 Å². The van der Waals surface area contributed by atoms with Gasteiger partial charge in [0.25, 0.3) is 5.69 Å². The Labute approximate surface area is 117 Å². The van der Waals surface area contributed by atoms with E-state index in [0.29, 0.717) is 13.1 Å². The van der Waals surface area contributed by atoms with Crippen molar-refractivity contribution in [2.24, 2.45) is 0 Å². The van der Waals surface area contributed by atoms with Gasteiger partial charge in [0.05, 0.1) is 4.92 Å². The van der Waals surface area contributed by atoms with Gasteiger partial charge in [0, 0.05) is 51.5 Å². The molecule has 1 unspecified atom stereocenters. The Morgan fingerprint density at radius 1 is 1.40 bits per heavy atom. The molecule has 2 rings (SSSR count). The largest absolute Gasteiger partial charge is 0.357 e. The monoisotopic (exact) mass is 278 g/mol. The van der Waals surface area contributed by atoms with Crippen molar-refractivity contribution in [1.82, 2.24) is 10.2 Å². The molecular formula is C13H18N4O3. The highest BCUT2D eigenvalue weighted by Gasteiger charge is 2.30. The molecule has 0 spiro atoms. The van der Waals surface area contributed by atoms with Gasteiger partial charge < -0.3 is 15.1 Å². The van der Waals surface area contributed by atoms with Crippen molar-refractivity contribution in [1.29, 1.82) is 0 Å². The molecule has 1 fully saturated rings. The number of carbonyl (C=O) groups is 1. The summed E-state index contributed by atoms with van der Waals surface area (Å²) >= 11 is 0. The summed E-state index contributed by atoms with van der Waals surface area (Å²) in [7, 11) is 3.45. The summed E-state index contributed by atoms with van der Waals surface area (Å²) in [6.07, 6.45) is 0. The molecule has 108 valence electrons. The number of nitrogens with zero attached hydrogens (tertiary/aromatic N) is 3. The molecule has 0 radical (unpaired) electrons. The number of nitro groups is 1. The summed E-state index contributed by atoms with van der Waals surface area (Å²) < 4.78 is 0. The second-order valence-corrected chi connectivity index (χ2v) is 4.92. The lowest BCUT2D eigenvalue weighted by Crippen LogP contribution is -2.57. The first-order valence-electron chi connectivity index (χ1n) is 6.43. The van der Waals surface area contributed by atoms with Gasteiger partial charge in [-0.05, 0) is 12.1 Å². The average Bonchev–Trinajstić information content (AvgIpc) is 2.46. The van der Waals surface area contributed by atoms with E-state index in [1.54, 1.807) is 31.1 Å². The van der Waals surface area contributed by atoms with Crippen LogP contribution in [0.15, 0.2) is 24.3 Å². The lowest BCUT2D eigenvalue weighted by Gasteiger charge is -2.38. The van der Waals surface area contributed by atoms with Crippen LogP contribution in [0.25, 0.3) is 0 Å². The molecule has 1 saturated heterocycles. The molecule has 7 nitrogen and oxygen atoms in total. The number of nitrogens with one attached hydrogen (secondary N) is 1. The maximum Gasteiger partial charge on any atom is 0.269 e. The average molecular weight is 278 g/mol.